The maximum absolute atomic E-state index is 10.5. The lowest BCUT2D eigenvalue weighted by atomic mass is 9.64. The highest BCUT2D eigenvalue weighted by Crippen LogP contribution is 2.51. The third-order valence-corrected chi connectivity index (χ3v) is 5.40. The smallest absolute Gasteiger partial charge is 0.123 e. The van der Waals surface area contributed by atoms with Gasteiger partial charge in [0.2, 0.25) is 0 Å². The van der Waals surface area contributed by atoms with Crippen molar-refractivity contribution in [1.29, 1.82) is 0 Å². The SMILES string of the molecule is CC1(C)C=CC2=C(C1)CC(C)(C)c1c2ccc2cccc(O)c12. The first kappa shape index (κ1) is 14.6. The van der Waals surface area contributed by atoms with Gasteiger partial charge in [-0.05, 0) is 51.8 Å². The van der Waals surface area contributed by atoms with E-state index in [1.165, 1.54) is 16.7 Å². The van der Waals surface area contributed by atoms with Gasteiger partial charge in [-0.3, -0.25) is 0 Å². The maximum atomic E-state index is 10.5. The van der Waals surface area contributed by atoms with E-state index in [0.29, 0.717) is 5.75 Å². The number of benzene rings is 2. The summed E-state index contributed by atoms with van der Waals surface area (Å²) in [5.74, 6) is 0.400. The molecule has 0 unspecified atom stereocenters. The minimum atomic E-state index is 0.0355. The van der Waals surface area contributed by atoms with Crippen LogP contribution in [-0.2, 0) is 5.41 Å². The number of phenolic OH excluding ortho intramolecular Hbond substituents is 1. The summed E-state index contributed by atoms with van der Waals surface area (Å²) in [6, 6.07) is 10.2. The molecule has 2 aliphatic carbocycles. The Morgan fingerprint density at radius 3 is 2.52 bits per heavy atom. The van der Waals surface area contributed by atoms with E-state index in [-0.39, 0.29) is 10.8 Å². The molecule has 0 heterocycles. The first-order chi connectivity index (χ1) is 10.8. The average molecular weight is 304 g/mol. The van der Waals surface area contributed by atoms with Crippen LogP contribution in [0.25, 0.3) is 16.3 Å². The van der Waals surface area contributed by atoms with Crippen LogP contribution >= 0.6 is 0 Å². The van der Waals surface area contributed by atoms with Crippen molar-refractivity contribution in [2.75, 3.05) is 0 Å². The second-order valence-corrected chi connectivity index (χ2v) is 8.44. The zero-order chi connectivity index (χ0) is 16.4. The van der Waals surface area contributed by atoms with Gasteiger partial charge in [-0.15, -0.1) is 0 Å². The van der Waals surface area contributed by atoms with Crippen LogP contribution in [0.5, 0.6) is 5.75 Å². The number of hydrogen-bond acceptors (Lipinski definition) is 1. The van der Waals surface area contributed by atoms with Gasteiger partial charge in [0.1, 0.15) is 5.75 Å². The zero-order valence-corrected chi connectivity index (χ0v) is 14.4. The van der Waals surface area contributed by atoms with Gasteiger partial charge in [0.25, 0.3) is 0 Å². The quantitative estimate of drug-likeness (QED) is 0.636. The van der Waals surface area contributed by atoms with E-state index in [9.17, 15) is 5.11 Å². The molecule has 1 heteroatoms. The van der Waals surface area contributed by atoms with Crippen LogP contribution in [0.3, 0.4) is 0 Å². The summed E-state index contributed by atoms with van der Waals surface area (Å²) in [5.41, 5.74) is 5.82. The Morgan fingerprint density at radius 1 is 0.957 bits per heavy atom. The first-order valence-electron chi connectivity index (χ1n) is 8.45. The fourth-order valence-electron chi connectivity index (χ4n) is 4.48. The predicted octanol–water partition coefficient (Wildman–Crippen LogP) is 5.97. The van der Waals surface area contributed by atoms with Crippen LogP contribution in [0.15, 0.2) is 48.1 Å². The fraction of sp³-hybridized carbons (Fsp3) is 0.364. The van der Waals surface area contributed by atoms with Crippen molar-refractivity contribution in [3.63, 3.8) is 0 Å². The summed E-state index contributed by atoms with van der Waals surface area (Å²) in [6.07, 6.45) is 6.83. The van der Waals surface area contributed by atoms with Gasteiger partial charge >= 0.3 is 0 Å². The van der Waals surface area contributed by atoms with E-state index in [1.54, 1.807) is 5.57 Å². The molecule has 0 saturated carbocycles. The lowest BCUT2D eigenvalue weighted by Gasteiger charge is -2.40. The molecule has 0 aliphatic heterocycles. The minimum absolute atomic E-state index is 0.0355. The highest BCUT2D eigenvalue weighted by Gasteiger charge is 2.36. The topological polar surface area (TPSA) is 20.2 Å². The average Bonchev–Trinajstić information content (AvgIpc) is 2.45. The van der Waals surface area contributed by atoms with Gasteiger partial charge in [-0.25, -0.2) is 0 Å². The van der Waals surface area contributed by atoms with Crippen LogP contribution in [0.2, 0.25) is 0 Å². The van der Waals surface area contributed by atoms with E-state index >= 15 is 0 Å². The molecule has 1 nitrogen and oxygen atoms in total. The highest BCUT2D eigenvalue weighted by atomic mass is 16.3. The van der Waals surface area contributed by atoms with Crippen molar-refractivity contribution in [2.24, 2.45) is 5.41 Å². The lowest BCUT2D eigenvalue weighted by molar-refractivity contribution is 0.427. The molecular formula is C22H24O. The molecule has 1 N–H and O–H groups in total. The molecule has 118 valence electrons. The number of rotatable bonds is 0. The molecule has 0 spiro atoms. The van der Waals surface area contributed by atoms with Crippen LogP contribution in [0, 0.1) is 5.41 Å². The van der Waals surface area contributed by atoms with Gasteiger partial charge in [-0.2, -0.15) is 0 Å². The Hall–Kier alpha value is -2.02. The molecule has 4 rings (SSSR count). The van der Waals surface area contributed by atoms with E-state index in [0.717, 1.165) is 23.6 Å². The molecule has 0 fully saturated rings. The van der Waals surface area contributed by atoms with Crippen LogP contribution in [-0.4, -0.2) is 5.11 Å². The largest absolute Gasteiger partial charge is 0.507 e. The van der Waals surface area contributed by atoms with E-state index in [2.05, 4.69) is 58.0 Å². The van der Waals surface area contributed by atoms with Crippen molar-refractivity contribution in [2.45, 2.75) is 46.0 Å². The normalized spacial score (nSPS) is 21.2. The molecule has 2 aliphatic rings. The van der Waals surface area contributed by atoms with Crippen LogP contribution in [0.1, 0.15) is 51.7 Å². The van der Waals surface area contributed by atoms with Crippen molar-refractivity contribution >= 4 is 16.3 Å². The Morgan fingerprint density at radius 2 is 1.74 bits per heavy atom. The Balaban J connectivity index is 2.06. The number of aromatic hydroxyl groups is 1. The van der Waals surface area contributed by atoms with Crippen LogP contribution in [0.4, 0.5) is 0 Å². The summed E-state index contributed by atoms with van der Waals surface area (Å²) in [5, 5.41) is 12.7. The summed E-state index contributed by atoms with van der Waals surface area (Å²) in [6.45, 7) is 9.24. The molecular weight excluding hydrogens is 280 g/mol. The van der Waals surface area contributed by atoms with Crippen molar-refractivity contribution < 1.29 is 5.11 Å². The predicted molar refractivity (Wildman–Crippen MR) is 97.7 cm³/mol. The number of fused-ring (bicyclic) bond motifs is 4. The van der Waals surface area contributed by atoms with Crippen LogP contribution < -0.4 is 0 Å². The van der Waals surface area contributed by atoms with Gasteiger partial charge < -0.3 is 5.11 Å². The molecule has 0 saturated heterocycles. The molecule has 23 heavy (non-hydrogen) atoms. The Bertz CT molecular complexity index is 878. The van der Waals surface area contributed by atoms with Crippen molar-refractivity contribution in [3.8, 4) is 5.75 Å². The van der Waals surface area contributed by atoms with Gasteiger partial charge in [0, 0.05) is 5.39 Å². The van der Waals surface area contributed by atoms with Gasteiger partial charge in [0.05, 0.1) is 0 Å². The number of allylic oxidation sites excluding steroid dienone is 4. The van der Waals surface area contributed by atoms with E-state index in [4.69, 9.17) is 0 Å². The molecule has 0 radical (unpaired) electrons. The van der Waals surface area contributed by atoms with E-state index < -0.39 is 0 Å². The second kappa shape index (κ2) is 4.50. The van der Waals surface area contributed by atoms with Gasteiger partial charge in [-0.1, -0.05) is 69.7 Å². The third kappa shape index (κ3) is 2.14. The zero-order valence-electron chi connectivity index (χ0n) is 14.4. The molecule has 0 bridgehead atoms. The maximum Gasteiger partial charge on any atom is 0.123 e. The Labute approximate surface area is 138 Å². The number of hydrogen-bond donors (Lipinski definition) is 1. The summed E-state index contributed by atoms with van der Waals surface area (Å²) >= 11 is 0. The third-order valence-electron chi connectivity index (χ3n) is 5.40. The lowest BCUT2D eigenvalue weighted by Crippen LogP contribution is -2.27. The summed E-state index contributed by atoms with van der Waals surface area (Å²) in [4.78, 5) is 0. The first-order valence-corrected chi connectivity index (χ1v) is 8.45. The number of phenols is 1. The molecule has 0 atom stereocenters. The molecule has 2 aromatic rings. The standard InChI is InChI=1S/C22H24O/c1-21(2)11-10-16-15(12-21)13-22(3,4)20-17(16)9-8-14-6-5-7-18(23)19(14)20/h5-11,23H,12-13H2,1-4H3. The van der Waals surface area contributed by atoms with Crippen molar-refractivity contribution in [3.05, 3.63) is 59.2 Å². The summed E-state index contributed by atoms with van der Waals surface area (Å²) in [7, 11) is 0. The molecule has 2 aromatic carbocycles. The summed E-state index contributed by atoms with van der Waals surface area (Å²) < 4.78 is 0. The highest BCUT2D eigenvalue weighted by molar-refractivity contribution is 5.98. The molecule has 0 aromatic heterocycles. The monoisotopic (exact) mass is 304 g/mol. The van der Waals surface area contributed by atoms with Crippen molar-refractivity contribution in [1.82, 2.24) is 0 Å². The van der Waals surface area contributed by atoms with Gasteiger partial charge in [0.15, 0.2) is 0 Å². The Kier molecular flexibility index (Phi) is 2.85. The molecule has 0 amide bonds. The fourth-order valence-corrected chi connectivity index (χ4v) is 4.48. The minimum Gasteiger partial charge on any atom is -0.507 e. The van der Waals surface area contributed by atoms with E-state index in [1.807, 2.05) is 12.1 Å². The second-order valence-electron chi connectivity index (χ2n) is 8.44.